The summed E-state index contributed by atoms with van der Waals surface area (Å²) in [5.41, 5.74) is 1.96. The van der Waals surface area contributed by atoms with E-state index in [1.165, 1.54) is 4.31 Å². The number of esters is 1. The summed E-state index contributed by atoms with van der Waals surface area (Å²) in [6.07, 6.45) is 1.44. The van der Waals surface area contributed by atoms with Crippen molar-refractivity contribution in [2.45, 2.75) is 44.7 Å². The van der Waals surface area contributed by atoms with Gasteiger partial charge in [0.25, 0.3) is 0 Å². The number of nitrogens with zero attached hydrogens (tertiary/aromatic N) is 5. The van der Waals surface area contributed by atoms with Gasteiger partial charge in [-0.3, -0.25) is 0 Å². The van der Waals surface area contributed by atoms with Gasteiger partial charge in [0.05, 0.1) is 34.8 Å². The number of fused-ring (bicyclic) bond motifs is 1. The lowest BCUT2D eigenvalue weighted by atomic mass is 10.3. The van der Waals surface area contributed by atoms with Crippen LogP contribution in [0.3, 0.4) is 0 Å². The summed E-state index contributed by atoms with van der Waals surface area (Å²) >= 11 is 1.01. The Hall–Kier alpha value is -2.41. The van der Waals surface area contributed by atoms with Gasteiger partial charge in [-0.05, 0) is 42.6 Å². The number of benzene rings is 1. The molecule has 32 heavy (non-hydrogen) atoms. The third-order valence-corrected chi connectivity index (χ3v) is 7.90. The second kappa shape index (κ2) is 9.61. The maximum Gasteiger partial charge on any atom is 0.352 e. The number of imidazole rings is 1. The summed E-state index contributed by atoms with van der Waals surface area (Å²) in [6, 6.07) is 4.95. The molecule has 0 N–H and O–H groups in total. The van der Waals surface area contributed by atoms with Crippen LogP contribution in [-0.2, 0) is 39.1 Å². The third-order valence-electron chi connectivity index (χ3n) is 5.26. The average Bonchev–Trinajstić information content (AvgIpc) is 3.42. The zero-order valence-corrected chi connectivity index (χ0v) is 19.6. The van der Waals surface area contributed by atoms with Crippen LogP contribution >= 0.6 is 11.5 Å². The van der Waals surface area contributed by atoms with Crippen LogP contribution in [0.1, 0.15) is 41.5 Å². The molecule has 0 radical (unpaired) electrons. The highest BCUT2D eigenvalue weighted by Crippen LogP contribution is 2.24. The van der Waals surface area contributed by atoms with Crippen molar-refractivity contribution >= 4 is 38.6 Å². The van der Waals surface area contributed by atoms with E-state index in [1.54, 1.807) is 18.2 Å². The van der Waals surface area contributed by atoms with Crippen molar-refractivity contribution in [3.8, 4) is 0 Å². The molecule has 0 bridgehead atoms. The molecule has 0 saturated carbocycles. The largest absolute Gasteiger partial charge is 0.453 e. The van der Waals surface area contributed by atoms with Crippen molar-refractivity contribution in [3.05, 3.63) is 34.6 Å². The lowest BCUT2D eigenvalue weighted by Crippen LogP contribution is -2.40. The Bertz CT molecular complexity index is 1210. The predicted molar refractivity (Wildman–Crippen MR) is 118 cm³/mol. The molecular formula is C20H25N5O5S2. The Morgan fingerprint density at radius 3 is 2.75 bits per heavy atom. The SMILES string of the molecule is CCCn1c(COC(=O)c2snnc2CC)nc2cc(S(=O)(=O)N3CCOCC3)ccc21. The molecule has 10 nitrogen and oxygen atoms in total. The lowest BCUT2D eigenvalue weighted by Gasteiger charge is -2.26. The van der Waals surface area contributed by atoms with Crippen LogP contribution in [0.2, 0.25) is 0 Å². The standard InChI is InChI=1S/C20H25N5O5S2/c1-3-7-25-17-6-5-14(32(27,28)24-8-10-29-11-9-24)12-16(17)21-18(25)13-30-20(26)19-15(4-2)22-23-31-19/h5-6,12H,3-4,7-11,13H2,1-2H3. The van der Waals surface area contributed by atoms with Gasteiger partial charge in [0.15, 0.2) is 4.88 Å². The maximum atomic E-state index is 13.0. The molecule has 0 unspecified atom stereocenters. The molecule has 0 spiro atoms. The number of hydrogen-bond donors (Lipinski definition) is 0. The first-order chi connectivity index (χ1) is 15.5. The first kappa shape index (κ1) is 22.8. The Morgan fingerprint density at radius 2 is 2.03 bits per heavy atom. The van der Waals surface area contributed by atoms with Crippen molar-refractivity contribution in [1.29, 1.82) is 0 Å². The Labute approximate surface area is 190 Å². The van der Waals surface area contributed by atoms with E-state index in [1.807, 2.05) is 18.4 Å². The first-order valence-corrected chi connectivity index (χ1v) is 12.7. The molecule has 0 atom stereocenters. The van der Waals surface area contributed by atoms with Gasteiger partial charge in [-0.25, -0.2) is 18.2 Å². The summed E-state index contributed by atoms with van der Waals surface area (Å²) < 4.78 is 44.0. The molecule has 1 saturated heterocycles. The Balaban J connectivity index is 1.61. The average molecular weight is 480 g/mol. The summed E-state index contributed by atoms with van der Waals surface area (Å²) in [5, 5.41) is 3.94. The number of aryl methyl sites for hydroxylation is 2. The van der Waals surface area contributed by atoms with Crippen LogP contribution < -0.4 is 0 Å². The first-order valence-electron chi connectivity index (χ1n) is 10.5. The fraction of sp³-hybridized carbons (Fsp3) is 0.500. The second-order valence-corrected chi connectivity index (χ2v) is 10.0. The molecule has 1 fully saturated rings. The highest BCUT2D eigenvalue weighted by atomic mass is 32.2. The number of aromatic nitrogens is 4. The number of hydrogen-bond acceptors (Lipinski definition) is 9. The Kier molecular flexibility index (Phi) is 6.84. The van der Waals surface area contributed by atoms with Crippen molar-refractivity contribution < 1.29 is 22.7 Å². The predicted octanol–water partition coefficient (Wildman–Crippen LogP) is 2.24. The Morgan fingerprint density at radius 1 is 1.25 bits per heavy atom. The van der Waals surface area contributed by atoms with Crippen molar-refractivity contribution in [3.63, 3.8) is 0 Å². The molecule has 2 aromatic heterocycles. The van der Waals surface area contributed by atoms with E-state index in [0.717, 1.165) is 23.5 Å². The number of carbonyl (C=O) groups is 1. The molecule has 4 rings (SSSR count). The van der Waals surface area contributed by atoms with E-state index in [4.69, 9.17) is 9.47 Å². The van der Waals surface area contributed by atoms with E-state index < -0.39 is 16.0 Å². The molecule has 172 valence electrons. The van der Waals surface area contributed by atoms with E-state index >= 15 is 0 Å². The molecule has 0 aliphatic carbocycles. The molecule has 1 aliphatic rings. The number of sulfonamides is 1. The maximum absolute atomic E-state index is 13.0. The van der Waals surface area contributed by atoms with Crippen LogP contribution in [-0.4, -0.2) is 64.1 Å². The van der Waals surface area contributed by atoms with Gasteiger partial charge in [-0.15, -0.1) is 5.10 Å². The number of carbonyl (C=O) groups excluding carboxylic acids is 1. The van der Waals surface area contributed by atoms with Crippen LogP contribution in [0.15, 0.2) is 23.1 Å². The van der Waals surface area contributed by atoms with Crippen LogP contribution in [0.4, 0.5) is 0 Å². The van der Waals surface area contributed by atoms with Gasteiger partial charge in [0.1, 0.15) is 12.4 Å². The summed E-state index contributed by atoms with van der Waals surface area (Å²) in [5.74, 6) is 0.0779. The number of ether oxygens (including phenoxy) is 2. The molecule has 0 amide bonds. The van der Waals surface area contributed by atoms with E-state index in [2.05, 4.69) is 14.6 Å². The monoisotopic (exact) mass is 479 g/mol. The highest BCUT2D eigenvalue weighted by Gasteiger charge is 2.27. The quantitative estimate of drug-likeness (QED) is 0.452. The topological polar surface area (TPSA) is 117 Å². The van der Waals surface area contributed by atoms with Gasteiger partial charge in [-0.1, -0.05) is 18.3 Å². The van der Waals surface area contributed by atoms with Gasteiger partial charge < -0.3 is 14.0 Å². The smallest absolute Gasteiger partial charge is 0.352 e. The fourth-order valence-corrected chi connectivity index (χ4v) is 5.70. The zero-order chi connectivity index (χ0) is 22.7. The molecule has 1 aliphatic heterocycles. The minimum absolute atomic E-state index is 0.0277. The van der Waals surface area contributed by atoms with E-state index in [0.29, 0.717) is 61.2 Å². The molecule has 3 aromatic rings. The van der Waals surface area contributed by atoms with Crippen molar-refractivity contribution in [1.82, 2.24) is 23.4 Å². The molecule has 1 aromatic carbocycles. The summed E-state index contributed by atoms with van der Waals surface area (Å²) in [7, 11) is -3.63. The van der Waals surface area contributed by atoms with Gasteiger partial charge in [0.2, 0.25) is 10.0 Å². The fourth-order valence-electron chi connectivity index (χ4n) is 3.63. The third kappa shape index (κ3) is 4.40. The number of morpholine rings is 1. The number of rotatable bonds is 8. The van der Waals surface area contributed by atoms with Crippen molar-refractivity contribution in [2.24, 2.45) is 0 Å². The zero-order valence-electron chi connectivity index (χ0n) is 18.0. The highest BCUT2D eigenvalue weighted by molar-refractivity contribution is 7.89. The van der Waals surface area contributed by atoms with Crippen LogP contribution in [0.5, 0.6) is 0 Å². The second-order valence-electron chi connectivity index (χ2n) is 7.33. The molecular weight excluding hydrogens is 454 g/mol. The van der Waals surface area contributed by atoms with Crippen LogP contribution in [0.25, 0.3) is 11.0 Å². The van der Waals surface area contributed by atoms with Crippen molar-refractivity contribution in [2.75, 3.05) is 26.3 Å². The van der Waals surface area contributed by atoms with Gasteiger partial charge >= 0.3 is 5.97 Å². The minimum Gasteiger partial charge on any atom is -0.453 e. The normalized spacial score (nSPS) is 15.3. The molecule has 12 heteroatoms. The van der Waals surface area contributed by atoms with Crippen LogP contribution in [0, 0.1) is 0 Å². The molecule has 3 heterocycles. The van der Waals surface area contributed by atoms with Gasteiger partial charge in [0, 0.05) is 19.6 Å². The van der Waals surface area contributed by atoms with E-state index in [-0.39, 0.29) is 11.5 Å². The minimum atomic E-state index is -3.63. The van der Waals surface area contributed by atoms with E-state index in [9.17, 15) is 13.2 Å². The summed E-state index contributed by atoms with van der Waals surface area (Å²) in [4.78, 5) is 17.7. The lowest BCUT2D eigenvalue weighted by molar-refractivity contribution is 0.0463. The summed E-state index contributed by atoms with van der Waals surface area (Å²) in [6.45, 7) is 6.01. The van der Waals surface area contributed by atoms with Gasteiger partial charge in [-0.2, -0.15) is 4.31 Å².